The molecular formula is C16H20N4O2S. The molecule has 0 aliphatic carbocycles. The quantitative estimate of drug-likeness (QED) is 0.923. The SMILES string of the molecule is O=C(c1csc(-c2ccoc2)n1)N1CCC(N2CCNCC2)C1. The van der Waals surface area contributed by atoms with Crippen LogP contribution >= 0.6 is 11.3 Å². The Labute approximate surface area is 139 Å². The van der Waals surface area contributed by atoms with Crippen LogP contribution in [0.25, 0.3) is 10.6 Å². The number of nitrogens with zero attached hydrogens (tertiary/aromatic N) is 3. The van der Waals surface area contributed by atoms with Gasteiger partial charge in [0.2, 0.25) is 0 Å². The van der Waals surface area contributed by atoms with Crippen LogP contribution < -0.4 is 5.32 Å². The van der Waals surface area contributed by atoms with Gasteiger partial charge >= 0.3 is 0 Å². The predicted octanol–water partition coefficient (Wildman–Crippen LogP) is 1.52. The van der Waals surface area contributed by atoms with Gasteiger partial charge in [0.15, 0.2) is 0 Å². The summed E-state index contributed by atoms with van der Waals surface area (Å²) < 4.78 is 5.08. The van der Waals surface area contributed by atoms with E-state index in [1.807, 2.05) is 16.3 Å². The monoisotopic (exact) mass is 332 g/mol. The third kappa shape index (κ3) is 3.04. The van der Waals surface area contributed by atoms with E-state index in [1.165, 1.54) is 11.3 Å². The molecule has 2 fully saturated rings. The van der Waals surface area contributed by atoms with Gasteiger partial charge in [0.05, 0.1) is 6.26 Å². The molecule has 0 bridgehead atoms. The average molecular weight is 332 g/mol. The number of hydrogen-bond acceptors (Lipinski definition) is 6. The summed E-state index contributed by atoms with van der Waals surface area (Å²) in [6.45, 7) is 5.89. The first kappa shape index (κ1) is 14.9. The number of hydrogen-bond donors (Lipinski definition) is 1. The highest BCUT2D eigenvalue weighted by Gasteiger charge is 2.32. The molecule has 23 heavy (non-hydrogen) atoms. The summed E-state index contributed by atoms with van der Waals surface area (Å²) in [7, 11) is 0. The molecule has 1 N–H and O–H groups in total. The number of furan rings is 1. The summed E-state index contributed by atoms with van der Waals surface area (Å²) in [5, 5.41) is 6.06. The van der Waals surface area contributed by atoms with Crippen LogP contribution in [0.5, 0.6) is 0 Å². The summed E-state index contributed by atoms with van der Waals surface area (Å²) >= 11 is 1.49. The highest BCUT2D eigenvalue weighted by atomic mass is 32.1. The first-order valence-electron chi connectivity index (χ1n) is 8.03. The van der Waals surface area contributed by atoms with Gasteiger partial charge < -0.3 is 14.6 Å². The van der Waals surface area contributed by atoms with E-state index in [0.717, 1.165) is 56.3 Å². The first-order valence-corrected chi connectivity index (χ1v) is 8.91. The Morgan fingerprint density at radius 1 is 1.35 bits per heavy atom. The molecule has 0 saturated carbocycles. The van der Waals surface area contributed by atoms with Crippen LogP contribution in [0.2, 0.25) is 0 Å². The summed E-state index contributed by atoms with van der Waals surface area (Å²) in [5.74, 6) is 0.0497. The first-order chi connectivity index (χ1) is 11.3. The van der Waals surface area contributed by atoms with Gasteiger partial charge in [0.25, 0.3) is 5.91 Å². The van der Waals surface area contributed by atoms with Gasteiger partial charge in [0.1, 0.15) is 17.0 Å². The van der Waals surface area contributed by atoms with E-state index >= 15 is 0 Å². The van der Waals surface area contributed by atoms with Crippen molar-refractivity contribution in [2.75, 3.05) is 39.3 Å². The number of amides is 1. The van der Waals surface area contributed by atoms with E-state index in [0.29, 0.717) is 11.7 Å². The van der Waals surface area contributed by atoms with Crippen LogP contribution in [-0.4, -0.2) is 66.0 Å². The third-order valence-electron chi connectivity index (χ3n) is 4.61. The molecule has 0 spiro atoms. The number of thiazole rings is 1. The Balaban J connectivity index is 1.41. The molecule has 1 amide bonds. The molecule has 4 heterocycles. The van der Waals surface area contributed by atoms with Gasteiger partial charge in [-0.3, -0.25) is 9.69 Å². The molecule has 2 aromatic heterocycles. The van der Waals surface area contributed by atoms with Crippen LogP contribution in [0.3, 0.4) is 0 Å². The van der Waals surface area contributed by atoms with Crippen molar-refractivity contribution in [2.45, 2.75) is 12.5 Å². The Morgan fingerprint density at radius 2 is 2.22 bits per heavy atom. The van der Waals surface area contributed by atoms with Crippen molar-refractivity contribution in [1.82, 2.24) is 20.1 Å². The van der Waals surface area contributed by atoms with Crippen molar-refractivity contribution in [3.05, 3.63) is 29.7 Å². The van der Waals surface area contributed by atoms with Crippen molar-refractivity contribution < 1.29 is 9.21 Å². The Morgan fingerprint density at radius 3 is 3.00 bits per heavy atom. The maximum absolute atomic E-state index is 12.7. The predicted molar refractivity (Wildman–Crippen MR) is 88.6 cm³/mol. The summed E-state index contributed by atoms with van der Waals surface area (Å²) in [5.41, 5.74) is 1.47. The van der Waals surface area contributed by atoms with Gasteiger partial charge in [-0.15, -0.1) is 11.3 Å². The maximum Gasteiger partial charge on any atom is 0.273 e. The van der Waals surface area contributed by atoms with E-state index in [4.69, 9.17) is 4.42 Å². The topological polar surface area (TPSA) is 61.6 Å². The normalized spacial score (nSPS) is 22.6. The fraction of sp³-hybridized carbons (Fsp3) is 0.500. The summed E-state index contributed by atoms with van der Waals surface area (Å²) in [4.78, 5) is 21.6. The smallest absolute Gasteiger partial charge is 0.273 e. The highest BCUT2D eigenvalue weighted by molar-refractivity contribution is 7.13. The van der Waals surface area contributed by atoms with Crippen LogP contribution in [-0.2, 0) is 0 Å². The summed E-state index contributed by atoms with van der Waals surface area (Å²) in [6.07, 6.45) is 4.34. The van der Waals surface area contributed by atoms with E-state index in [-0.39, 0.29) is 5.91 Å². The number of nitrogens with one attached hydrogen (secondary N) is 1. The second-order valence-electron chi connectivity index (χ2n) is 6.03. The molecule has 7 heteroatoms. The van der Waals surface area contributed by atoms with Crippen LogP contribution in [0.4, 0.5) is 0 Å². The minimum Gasteiger partial charge on any atom is -0.472 e. The summed E-state index contributed by atoms with van der Waals surface area (Å²) in [6, 6.07) is 2.36. The zero-order valence-electron chi connectivity index (χ0n) is 12.9. The lowest BCUT2D eigenvalue weighted by Gasteiger charge is -2.32. The van der Waals surface area contributed by atoms with Gasteiger partial charge in [0, 0.05) is 56.3 Å². The molecule has 2 aromatic rings. The average Bonchev–Trinajstić information content (AvgIpc) is 3.35. The van der Waals surface area contributed by atoms with E-state index < -0.39 is 0 Å². The van der Waals surface area contributed by atoms with E-state index in [1.54, 1.807) is 12.5 Å². The lowest BCUT2D eigenvalue weighted by molar-refractivity contribution is 0.0768. The van der Waals surface area contributed by atoms with Crippen molar-refractivity contribution in [1.29, 1.82) is 0 Å². The van der Waals surface area contributed by atoms with Crippen molar-refractivity contribution in [3.63, 3.8) is 0 Å². The van der Waals surface area contributed by atoms with Crippen molar-refractivity contribution in [2.24, 2.45) is 0 Å². The van der Waals surface area contributed by atoms with E-state index in [2.05, 4.69) is 15.2 Å². The van der Waals surface area contributed by atoms with Crippen molar-refractivity contribution >= 4 is 17.2 Å². The molecule has 6 nitrogen and oxygen atoms in total. The van der Waals surface area contributed by atoms with Crippen LogP contribution in [0.1, 0.15) is 16.9 Å². The molecule has 1 unspecified atom stereocenters. The third-order valence-corrected chi connectivity index (χ3v) is 5.50. The zero-order chi connectivity index (χ0) is 15.6. The second-order valence-corrected chi connectivity index (χ2v) is 6.89. The molecule has 2 aliphatic heterocycles. The van der Waals surface area contributed by atoms with Gasteiger partial charge in [-0.25, -0.2) is 4.98 Å². The largest absolute Gasteiger partial charge is 0.472 e. The van der Waals surface area contributed by atoms with Crippen molar-refractivity contribution in [3.8, 4) is 10.6 Å². The second kappa shape index (κ2) is 6.43. The number of likely N-dealkylation sites (tertiary alicyclic amines) is 1. The lowest BCUT2D eigenvalue weighted by atomic mass is 10.2. The number of rotatable bonds is 3. The molecule has 0 aromatic carbocycles. The van der Waals surface area contributed by atoms with Crippen LogP contribution in [0.15, 0.2) is 28.4 Å². The zero-order valence-corrected chi connectivity index (χ0v) is 13.7. The molecular weight excluding hydrogens is 312 g/mol. The Bertz CT molecular complexity index is 663. The Hall–Kier alpha value is -1.70. The maximum atomic E-state index is 12.7. The van der Waals surface area contributed by atoms with Gasteiger partial charge in [-0.1, -0.05) is 0 Å². The van der Waals surface area contributed by atoms with Gasteiger partial charge in [-0.2, -0.15) is 0 Å². The number of aromatic nitrogens is 1. The molecule has 2 aliphatic rings. The molecule has 1 atom stereocenters. The number of carbonyl (C=O) groups is 1. The molecule has 0 radical (unpaired) electrons. The fourth-order valence-electron chi connectivity index (χ4n) is 3.32. The number of piperazine rings is 1. The van der Waals surface area contributed by atoms with E-state index in [9.17, 15) is 4.79 Å². The lowest BCUT2D eigenvalue weighted by Crippen LogP contribution is -2.49. The fourth-order valence-corrected chi connectivity index (χ4v) is 4.10. The van der Waals surface area contributed by atoms with Crippen LogP contribution in [0, 0.1) is 0 Å². The minimum absolute atomic E-state index is 0.0497. The van der Waals surface area contributed by atoms with Gasteiger partial charge in [-0.05, 0) is 12.5 Å². The number of carbonyl (C=O) groups excluding carboxylic acids is 1. The Kier molecular flexibility index (Phi) is 4.15. The molecule has 122 valence electrons. The standard InChI is InChI=1S/C16H20N4O2S/c21-16(14-11-23-15(18-14)12-2-8-22-10-12)20-5-1-13(9-20)19-6-3-17-4-7-19/h2,8,10-11,13,17H,1,3-7,9H2. The molecule has 2 saturated heterocycles. The minimum atomic E-state index is 0.0497. The highest BCUT2D eigenvalue weighted by Crippen LogP contribution is 2.25. The molecule has 4 rings (SSSR count).